The first kappa shape index (κ1) is 15.8. The van der Waals surface area contributed by atoms with E-state index in [-0.39, 0.29) is 22.7 Å². The van der Waals surface area contributed by atoms with E-state index < -0.39 is 0 Å². The van der Waals surface area contributed by atoms with Gasteiger partial charge in [-0.3, -0.25) is 0 Å². The monoisotopic (exact) mass is 273 g/mol. The predicted octanol–water partition coefficient (Wildman–Crippen LogP) is 3.57. The molecule has 0 radical (unpaired) electrons. The van der Waals surface area contributed by atoms with Crippen molar-refractivity contribution in [3.8, 4) is 5.75 Å². The third-order valence-corrected chi connectivity index (χ3v) is 1.78. The second-order valence-electron chi connectivity index (χ2n) is 4.52. The van der Waals surface area contributed by atoms with Crippen molar-refractivity contribution in [1.29, 1.82) is 0 Å². The fourth-order valence-electron chi connectivity index (χ4n) is 1.16. The van der Waals surface area contributed by atoms with Gasteiger partial charge in [0.05, 0.1) is 5.60 Å². The van der Waals surface area contributed by atoms with Crippen molar-refractivity contribution in [2.75, 3.05) is 5.73 Å². The molecule has 0 spiro atoms. The van der Waals surface area contributed by atoms with E-state index in [1.165, 1.54) is 0 Å². The maximum absolute atomic E-state index is 5.62. The molecule has 0 aliphatic carbocycles. The van der Waals surface area contributed by atoms with Crippen molar-refractivity contribution in [2.24, 2.45) is 0 Å². The third kappa shape index (κ3) is 6.88. The fourth-order valence-corrected chi connectivity index (χ4v) is 1.16. The van der Waals surface area contributed by atoms with Crippen LogP contribution in [0, 0.1) is 0 Å². The smallest absolute Gasteiger partial charge is 0.0849 e. The summed E-state index contributed by atoms with van der Waals surface area (Å²) in [5, 5.41) is 0. The van der Waals surface area contributed by atoms with Crippen molar-refractivity contribution in [3.63, 3.8) is 0 Å². The SMILES string of the molecule is CC(C)(C)O[c-]1cccc1N.[Fe].[cH-]1[cH-][cH-][cH-][cH-]1. The van der Waals surface area contributed by atoms with E-state index in [4.69, 9.17) is 10.5 Å². The summed E-state index contributed by atoms with van der Waals surface area (Å²) in [6, 6.07) is 15.6. The van der Waals surface area contributed by atoms with Crippen molar-refractivity contribution < 1.29 is 21.8 Å². The molecular weight excluding hydrogens is 254 g/mol. The molecule has 100 valence electrons. The number of hydrogen-bond donors (Lipinski definition) is 1. The summed E-state index contributed by atoms with van der Waals surface area (Å²) in [5.74, 6) is 0.775. The first-order chi connectivity index (χ1) is 7.49. The third-order valence-electron chi connectivity index (χ3n) is 1.78. The minimum Gasteiger partial charge on any atom is -0.748 e. The van der Waals surface area contributed by atoms with Gasteiger partial charge in [0.1, 0.15) is 0 Å². The van der Waals surface area contributed by atoms with Crippen LogP contribution in [0.3, 0.4) is 0 Å². The van der Waals surface area contributed by atoms with Crippen LogP contribution in [0.25, 0.3) is 0 Å². The van der Waals surface area contributed by atoms with Gasteiger partial charge < -0.3 is 40.8 Å². The Labute approximate surface area is 114 Å². The van der Waals surface area contributed by atoms with E-state index in [2.05, 4.69) is 0 Å². The Balaban J connectivity index is 0.000000360. The van der Waals surface area contributed by atoms with Crippen LogP contribution in [0.5, 0.6) is 5.75 Å². The molecule has 0 aromatic heterocycles. The minimum absolute atomic E-state index is 0. The largest absolute Gasteiger partial charge is 0.748 e. The summed E-state index contributed by atoms with van der Waals surface area (Å²) >= 11 is 0. The van der Waals surface area contributed by atoms with Gasteiger partial charge in [-0.25, -0.2) is 6.07 Å². The molecule has 0 saturated carbocycles. The van der Waals surface area contributed by atoms with Crippen LogP contribution in [-0.2, 0) is 17.1 Å². The van der Waals surface area contributed by atoms with Gasteiger partial charge >= 0.3 is 0 Å². The van der Waals surface area contributed by atoms with Gasteiger partial charge in [-0.2, -0.15) is 6.07 Å². The Bertz CT molecular complexity index is 367. The molecule has 17 heavy (non-hydrogen) atoms. The molecule has 0 bridgehead atoms. The number of nitrogen functional groups attached to an aromatic ring is 1. The quantitative estimate of drug-likeness (QED) is 0.636. The summed E-state index contributed by atoms with van der Waals surface area (Å²) < 4.78 is 5.55. The summed E-state index contributed by atoms with van der Waals surface area (Å²) in [6.07, 6.45) is 0. The van der Waals surface area contributed by atoms with Gasteiger partial charge in [-0.15, -0.1) is 6.07 Å². The molecule has 2 rings (SSSR count). The number of anilines is 1. The van der Waals surface area contributed by atoms with Gasteiger partial charge in [-0.05, 0) is 20.8 Å². The van der Waals surface area contributed by atoms with Crippen LogP contribution in [0.4, 0.5) is 5.69 Å². The molecule has 2 aromatic carbocycles. The molecule has 0 fully saturated rings. The average Bonchev–Trinajstić information content (AvgIpc) is 2.79. The second kappa shape index (κ2) is 7.20. The maximum atomic E-state index is 5.62. The summed E-state index contributed by atoms with van der Waals surface area (Å²) in [7, 11) is 0. The van der Waals surface area contributed by atoms with Crippen LogP contribution in [-0.4, -0.2) is 5.60 Å². The van der Waals surface area contributed by atoms with Crippen molar-refractivity contribution in [1.82, 2.24) is 0 Å². The van der Waals surface area contributed by atoms with Crippen LogP contribution in [0.15, 0.2) is 48.5 Å². The number of nitrogens with two attached hydrogens (primary N) is 1. The molecule has 0 aliphatic heterocycles. The fraction of sp³-hybridized carbons (Fsp3) is 0.286. The van der Waals surface area contributed by atoms with Crippen molar-refractivity contribution >= 4 is 5.69 Å². The number of hydrogen-bond acceptors (Lipinski definition) is 2. The second-order valence-corrected chi connectivity index (χ2v) is 4.52. The van der Waals surface area contributed by atoms with Crippen LogP contribution in [0.1, 0.15) is 20.8 Å². The number of ether oxygens (including phenoxy) is 1. The topological polar surface area (TPSA) is 35.2 Å². The van der Waals surface area contributed by atoms with Gasteiger partial charge in [0, 0.05) is 22.8 Å². The van der Waals surface area contributed by atoms with E-state index in [1.807, 2.05) is 69.3 Å². The summed E-state index contributed by atoms with van der Waals surface area (Å²) in [4.78, 5) is 0. The van der Waals surface area contributed by atoms with Gasteiger partial charge in [0.2, 0.25) is 0 Å². The normalized spacial score (nSPS) is 9.82. The Morgan fingerprint density at radius 2 is 1.59 bits per heavy atom. The number of rotatable bonds is 1. The van der Waals surface area contributed by atoms with E-state index in [0.717, 1.165) is 5.75 Å². The Morgan fingerprint density at radius 1 is 1.12 bits per heavy atom. The summed E-state index contributed by atoms with van der Waals surface area (Å²) in [6.45, 7) is 6.00. The molecule has 0 saturated heterocycles. The average molecular weight is 273 g/mol. The van der Waals surface area contributed by atoms with Crippen molar-refractivity contribution in [2.45, 2.75) is 26.4 Å². The van der Waals surface area contributed by atoms with Crippen LogP contribution >= 0.6 is 0 Å². The Morgan fingerprint density at radius 3 is 1.88 bits per heavy atom. The molecule has 0 unspecified atom stereocenters. The molecule has 0 amide bonds. The Kier molecular flexibility index (Phi) is 6.70. The van der Waals surface area contributed by atoms with E-state index >= 15 is 0 Å². The van der Waals surface area contributed by atoms with Gasteiger partial charge in [0.15, 0.2) is 0 Å². The maximum Gasteiger partial charge on any atom is 0.0849 e. The molecular formula is C14H19FeNO-6. The zero-order valence-corrected chi connectivity index (χ0v) is 11.6. The van der Waals surface area contributed by atoms with Crippen molar-refractivity contribution in [3.05, 3.63) is 48.5 Å². The predicted molar refractivity (Wildman–Crippen MR) is 68.9 cm³/mol. The van der Waals surface area contributed by atoms with Gasteiger partial charge in [0.25, 0.3) is 0 Å². The summed E-state index contributed by atoms with van der Waals surface area (Å²) in [5.41, 5.74) is 6.17. The zero-order chi connectivity index (χ0) is 12.0. The standard InChI is InChI=1S/C9H14NO.C5H5.Fe/c1-9(2,3)11-8-6-4-5-7(8)10;1-2-4-5-3-1;/h4-6H,10H2,1-3H3;1-5H;/q-1;-5;. The van der Waals surface area contributed by atoms with Crippen LogP contribution in [0.2, 0.25) is 0 Å². The minimum atomic E-state index is -0.164. The molecule has 0 aliphatic rings. The molecule has 0 heterocycles. The molecule has 0 atom stereocenters. The zero-order valence-electron chi connectivity index (χ0n) is 10.5. The van der Waals surface area contributed by atoms with E-state index in [1.54, 1.807) is 0 Å². The first-order valence-corrected chi connectivity index (χ1v) is 5.36. The van der Waals surface area contributed by atoms with E-state index in [0.29, 0.717) is 5.69 Å². The van der Waals surface area contributed by atoms with E-state index in [9.17, 15) is 0 Å². The molecule has 2 aromatic rings. The molecule has 2 nitrogen and oxygen atoms in total. The first-order valence-electron chi connectivity index (χ1n) is 5.36. The molecule has 3 heteroatoms. The van der Waals surface area contributed by atoms with Crippen LogP contribution < -0.4 is 10.5 Å². The Hall–Kier alpha value is -1.18. The van der Waals surface area contributed by atoms with Gasteiger partial charge in [-0.1, -0.05) is 5.69 Å². The molecule has 2 N–H and O–H groups in total.